The lowest BCUT2D eigenvalue weighted by molar-refractivity contribution is 0.188. The number of hydrogen-bond donors (Lipinski definition) is 1. The Hall–Kier alpha value is -1.81. The van der Waals surface area contributed by atoms with Crippen molar-refractivity contribution in [3.05, 3.63) is 76.3 Å². The third-order valence-corrected chi connectivity index (χ3v) is 7.02. The first-order valence-electron chi connectivity index (χ1n) is 13.0. The number of nitrogens with two attached hydrogens (primary N) is 1. The van der Waals surface area contributed by atoms with Crippen LogP contribution in [0.3, 0.4) is 0 Å². The lowest BCUT2D eigenvalue weighted by atomic mass is 9.99. The van der Waals surface area contributed by atoms with E-state index in [4.69, 9.17) is 17.3 Å². The molecular formula is C30H44ClN3. The number of halogens is 1. The molecule has 2 aromatic rings. The molecular weight excluding hydrogens is 438 g/mol. The highest BCUT2D eigenvalue weighted by Gasteiger charge is 2.26. The Labute approximate surface area is 213 Å². The Morgan fingerprint density at radius 3 is 2.26 bits per heavy atom. The molecule has 3 rings (SSSR count). The Morgan fingerprint density at radius 1 is 1.06 bits per heavy atom. The summed E-state index contributed by atoms with van der Waals surface area (Å²) in [7, 11) is 0. The molecule has 1 saturated heterocycles. The van der Waals surface area contributed by atoms with Crippen molar-refractivity contribution in [1.82, 2.24) is 4.90 Å². The smallest absolute Gasteiger partial charge is 0.0421 e. The van der Waals surface area contributed by atoms with Crippen LogP contribution >= 0.6 is 11.6 Å². The van der Waals surface area contributed by atoms with E-state index in [1.54, 1.807) is 0 Å². The van der Waals surface area contributed by atoms with Gasteiger partial charge < -0.3 is 10.6 Å². The predicted octanol–water partition coefficient (Wildman–Crippen LogP) is 6.74. The van der Waals surface area contributed by atoms with E-state index in [9.17, 15) is 0 Å². The van der Waals surface area contributed by atoms with Gasteiger partial charge in [0.05, 0.1) is 0 Å². The summed E-state index contributed by atoms with van der Waals surface area (Å²) in [6.07, 6.45) is 8.01. The van der Waals surface area contributed by atoms with Crippen LogP contribution in [0.15, 0.2) is 60.2 Å². The second-order valence-electron chi connectivity index (χ2n) is 10.7. The molecule has 1 heterocycles. The van der Waals surface area contributed by atoms with E-state index in [1.165, 1.54) is 41.8 Å². The molecule has 1 aliphatic rings. The molecule has 1 aliphatic heterocycles. The van der Waals surface area contributed by atoms with E-state index < -0.39 is 0 Å². The van der Waals surface area contributed by atoms with Gasteiger partial charge >= 0.3 is 0 Å². The van der Waals surface area contributed by atoms with Crippen LogP contribution in [-0.2, 0) is 12.8 Å². The molecule has 0 aromatic heterocycles. The lowest BCUT2D eigenvalue weighted by Crippen LogP contribution is -2.51. The first kappa shape index (κ1) is 26.8. The van der Waals surface area contributed by atoms with E-state index in [0.29, 0.717) is 12.0 Å². The van der Waals surface area contributed by atoms with Crippen LogP contribution in [0.4, 0.5) is 5.69 Å². The molecule has 186 valence electrons. The topological polar surface area (TPSA) is 32.5 Å². The van der Waals surface area contributed by atoms with Crippen molar-refractivity contribution in [3.63, 3.8) is 0 Å². The maximum absolute atomic E-state index is 6.46. The minimum atomic E-state index is 0.268. The van der Waals surface area contributed by atoms with Crippen molar-refractivity contribution < 1.29 is 0 Å². The third-order valence-electron chi connectivity index (χ3n) is 6.77. The maximum Gasteiger partial charge on any atom is 0.0421 e. The number of rotatable bonds is 11. The molecule has 1 unspecified atom stereocenters. The molecule has 0 amide bonds. The van der Waals surface area contributed by atoms with E-state index in [2.05, 4.69) is 80.0 Å². The van der Waals surface area contributed by atoms with Crippen molar-refractivity contribution in [2.75, 3.05) is 31.1 Å². The largest absolute Gasteiger partial charge is 0.364 e. The molecule has 2 N–H and O–H groups in total. The van der Waals surface area contributed by atoms with Crippen LogP contribution in [0, 0.1) is 5.92 Å². The summed E-state index contributed by atoms with van der Waals surface area (Å²) in [4.78, 5) is 5.20. The Kier molecular flexibility index (Phi) is 10.5. The zero-order valence-corrected chi connectivity index (χ0v) is 22.4. The number of likely N-dealkylation sites (tertiary alicyclic amines) is 1. The van der Waals surface area contributed by atoms with Gasteiger partial charge in [0.25, 0.3) is 0 Å². The van der Waals surface area contributed by atoms with E-state index >= 15 is 0 Å². The SMILES string of the molecule is CC(C)=CCN(c1ccc(CCc2ccc(Cl)cc2)cc1)[C@H]1CCCN(CC(N)CC(C)C)C1. The maximum atomic E-state index is 6.46. The molecule has 34 heavy (non-hydrogen) atoms. The fourth-order valence-corrected chi connectivity index (χ4v) is 5.13. The summed E-state index contributed by atoms with van der Waals surface area (Å²) in [5.74, 6) is 0.656. The number of piperidine rings is 1. The highest BCUT2D eigenvalue weighted by molar-refractivity contribution is 6.30. The Morgan fingerprint density at radius 2 is 1.68 bits per heavy atom. The molecule has 0 bridgehead atoms. The zero-order valence-electron chi connectivity index (χ0n) is 21.6. The van der Waals surface area contributed by atoms with Crippen LogP contribution in [0.25, 0.3) is 0 Å². The summed E-state index contributed by atoms with van der Waals surface area (Å²) >= 11 is 6.02. The van der Waals surface area contributed by atoms with Gasteiger partial charge in [-0.2, -0.15) is 0 Å². The van der Waals surface area contributed by atoms with Gasteiger partial charge in [-0.1, -0.05) is 61.4 Å². The third kappa shape index (κ3) is 8.76. The summed E-state index contributed by atoms with van der Waals surface area (Å²) < 4.78 is 0. The van der Waals surface area contributed by atoms with Gasteiger partial charge in [0.15, 0.2) is 0 Å². The normalized spacial score (nSPS) is 17.6. The van der Waals surface area contributed by atoms with Crippen molar-refractivity contribution in [2.24, 2.45) is 11.7 Å². The molecule has 0 spiro atoms. The number of nitrogens with zero attached hydrogens (tertiary/aromatic N) is 2. The molecule has 2 aromatic carbocycles. The van der Waals surface area contributed by atoms with Crippen molar-refractivity contribution >= 4 is 17.3 Å². The minimum absolute atomic E-state index is 0.268. The second-order valence-corrected chi connectivity index (χ2v) is 11.1. The van der Waals surface area contributed by atoms with Crippen LogP contribution in [0.2, 0.25) is 5.02 Å². The van der Waals surface area contributed by atoms with Gasteiger partial charge in [-0.3, -0.25) is 4.90 Å². The van der Waals surface area contributed by atoms with Crippen molar-refractivity contribution in [2.45, 2.75) is 71.9 Å². The van der Waals surface area contributed by atoms with Crippen LogP contribution in [-0.4, -0.2) is 43.2 Å². The first-order valence-corrected chi connectivity index (χ1v) is 13.4. The standard InChI is InChI=1S/C30H44ClN3/c1-23(2)17-19-34(30-6-5-18-33(22-30)21-28(32)20-24(3)4)29-15-11-26(12-16-29)8-7-25-9-13-27(31)14-10-25/h9-17,24,28,30H,5-8,18-22,32H2,1-4H3/t28?,30-/m0/s1. The molecule has 2 atom stereocenters. The van der Waals surface area contributed by atoms with Crippen molar-refractivity contribution in [3.8, 4) is 0 Å². The number of anilines is 1. The molecule has 0 saturated carbocycles. The summed E-state index contributed by atoms with van der Waals surface area (Å²) in [5, 5.41) is 0.799. The van der Waals surface area contributed by atoms with Crippen LogP contribution in [0.1, 0.15) is 58.1 Å². The molecule has 3 nitrogen and oxygen atoms in total. The highest BCUT2D eigenvalue weighted by Crippen LogP contribution is 2.25. The number of hydrogen-bond acceptors (Lipinski definition) is 3. The fourth-order valence-electron chi connectivity index (χ4n) is 5.00. The lowest BCUT2D eigenvalue weighted by Gasteiger charge is -2.41. The monoisotopic (exact) mass is 481 g/mol. The van der Waals surface area contributed by atoms with E-state index in [0.717, 1.165) is 43.9 Å². The fraction of sp³-hybridized carbons (Fsp3) is 0.533. The molecule has 4 heteroatoms. The highest BCUT2D eigenvalue weighted by atomic mass is 35.5. The van der Waals surface area contributed by atoms with Gasteiger partial charge in [-0.15, -0.1) is 0 Å². The number of allylic oxidation sites excluding steroid dienone is 1. The number of benzene rings is 2. The van der Waals surface area contributed by atoms with Crippen molar-refractivity contribution in [1.29, 1.82) is 0 Å². The summed E-state index contributed by atoms with van der Waals surface area (Å²) in [6, 6.07) is 18.2. The Bertz CT molecular complexity index is 884. The average molecular weight is 482 g/mol. The van der Waals surface area contributed by atoms with Gasteiger partial charge in [0.1, 0.15) is 0 Å². The molecule has 1 fully saturated rings. The van der Waals surface area contributed by atoms with Gasteiger partial charge in [-0.25, -0.2) is 0 Å². The predicted molar refractivity (Wildman–Crippen MR) is 149 cm³/mol. The Balaban J connectivity index is 1.66. The quantitative estimate of drug-likeness (QED) is 0.361. The first-order chi connectivity index (χ1) is 16.3. The van der Waals surface area contributed by atoms with Crippen LogP contribution < -0.4 is 10.6 Å². The summed E-state index contributed by atoms with van der Waals surface area (Å²) in [5.41, 5.74) is 11.9. The van der Waals surface area contributed by atoms with Gasteiger partial charge in [0, 0.05) is 42.4 Å². The zero-order chi connectivity index (χ0) is 24.5. The second kappa shape index (κ2) is 13.3. The average Bonchev–Trinajstić information content (AvgIpc) is 2.79. The molecule has 0 aliphatic carbocycles. The summed E-state index contributed by atoms with van der Waals surface area (Å²) in [6.45, 7) is 13.1. The number of aryl methyl sites for hydroxylation is 2. The van der Waals surface area contributed by atoms with E-state index in [1.807, 2.05) is 12.1 Å². The van der Waals surface area contributed by atoms with Gasteiger partial charge in [-0.05, 0) is 93.8 Å². The van der Waals surface area contributed by atoms with Gasteiger partial charge in [0.2, 0.25) is 0 Å². The van der Waals surface area contributed by atoms with E-state index in [-0.39, 0.29) is 6.04 Å². The molecule has 0 radical (unpaired) electrons. The van der Waals surface area contributed by atoms with Crippen LogP contribution in [0.5, 0.6) is 0 Å². The minimum Gasteiger partial charge on any atom is -0.364 e.